The molecular formula is C33H16Na8O38S8. The Kier molecular flexibility index (Phi) is 37.5. The molecule has 38 nitrogen and oxygen atoms in total. The molecule has 0 unspecified atom stereocenters. The van der Waals surface area contributed by atoms with Crippen LogP contribution in [0.5, 0.6) is 57.5 Å². The molecule has 87 heavy (non-hydrogen) atoms. The Morgan fingerprint density at radius 3 is 0.839 bits per heavy atom. The van der Waals surface area contributed by atoms with E-state index in [1.807, 2.05) is 0 Å². The second-order valence-electron chi connectivity index (χ2n) is 14.1. The van der Waals surface area contributed by atoms with Crippen LogP contribution >= 0.6 is 0 Å². The second kappa shape index (κ2) is 35.5. The first-order valence-electron chi connectivity index (χ1n) is 19.0. The summed E-state index contributed by atoms with van der Waals surface area (Å²) in [5, 5.41) is -2.20. The van der Waals surface area contributed by atoms with Crippen LogP contribution in [0.25, 0.3) is 44.6 Å². The molecule has 0 fully saturated rings. The van der Waals surface area contributed by atoms with E-state index >= 15 is 0 Å². The molecule has 0 atom stereocenters. The number of benzene rings is 4. The molecule has 0 radical (unpaired) electrons. The third-order valence-electron chi connectivity index (χ3n) is 8.53. The summed E-state index contributed by atoms with van der Waals surface area (Å²) in [6, 6.07) is 3.70. The Hall–Kier alpha value is 0.580. The van der Waals surface area contributed by atoms with Gasteiger partial charge in [0.05, 0.1) is 24.3 Å². The normalized spacial score (nSPS) is 11.7. The van der Waals surface area contributed by atoms with Gasteiger partial charge in [0.2, 0.25) is 22.4 Å². The van der Waals surface area contributed by atoms with Gasteiger partial charge in [0.15, 0.2) is 23.0 Å². The van der Waals surface area contributed by atoms with Crippen molar-refractivity contribution in [3.8, 4) is 80.1 Å². The predicted molar refractivity (Wildman–Crippen MR) is 234 cm³/mol. The van der Waals surface area contributed by atoms with Gasteiger partial charge in [0.25, 0.3) is 83.2 Å². The molecule has 0 bridgehead atoms. The van der Waals surface area contributed by atoms with Crippen molar-refractivity contribution in [1.82, 2.24) is 0 Å². The number of hydrogen-bond acceptors (Lipinski definition) is 38. The molecule has 0 aliphatic carbocycles. The molecule has 0 N–H and O–H groups in total. The molecule has 2 aromatic heterocycles. The molecule has 0 amide bonds. The van der Waals surface area contributed by atoms with Crippen molar-refractivity contribution in [1.29, 1.82) is 0 Å². The first-order chi connectivity index (χ1) is 35.9. The van der Waals surface area contributed by atoms with Gasteiger partial charge in [-0.05, 0) is 24.3 Å². The van der Waals surface area contributed by atoms with Crippen molar-refractivity contribution in [3.63, 3.8) is 0 Å². The van der Waals surface area contributed by atoms with Crippen molar-refractivity contribution in [3.05, 3.63) is 81.1 Å². The van der Waals surface area contributed by atoms with Crippen LogP contribution in [0.1, 0.15) is 6.42 Å². The van der Waals surface area contributed by atoms with Crippen molar-refractivity contribution in [2.45, 2.75) is 6.42 Å². The minimum absolute atomic E-state index is 0. The fourth-order valence-corrected chi connectivity index (χ4v) is 9.03. The van der Waals surface area contributed by atoms with E-state index in [9.17, 15) is 113 Å². The molecule has 4 aromatic carbocycles. The Morgan fingerprint density at radius 2 is 0.575 bits per heavy atom. The molecule has 0 aliphatic heterocycles. The van der Waals surface area contributed by atoms with Crippen LogP contribution in [-0.2, 0) is 83.2 Å². The fourth-order valence-electron chi connectivity index (χ4n) is 6.26. The van der Waals surface area contributed by atoms with E-state index in [4.69, 9.17) is 18.3 Å². The van der Waals surface area contributed by atoms with Gasteiger partial charge in [-0.25, -0.2) is 67.3 Å². The molecule has 432 valence electrons. The maximum absolute atomic E-state index is 14.1. The topological polar surface area (TPSA) is 610 Å². The summed E-state index contributed by atoms with van der Waals surface area (Å²) >= 11 is 0. The van der Waals surface area contributed by atoms with Crippen LogP contribution in [0.15, 0.2) is 79.1 Å². The third-order valence-corrected chi connectivity index (χ3v) is 11.6. The van der Waals surface area contributed by atoms with E-state index in [-0.39, 0.29) is 249 Å². The number of rotatable bonds is 24. The van der Waals surface area contributed by atoms with Crippen molar-refractivity contribution in [2.24, 2.45) is 0 Å². The average molecular weight is 1460 g/mol. The summed E-state index contributed by atoms with van der Waals surface area (Å²) in [7, 11) is -47.2. The summed E-state index contributed by atoms with van der Waals surface area (Å²) in [4.78, 5) is 28.1. The predicted octanol–water partition coefficient (Wildman–Crippen LogP) is -26.2. The molecule has 0 spiro atoms. The number of hydrogen-bond donors (Lipinski definition) is 0. The Labute approximate surface area is 666 Å². The second-order valence-corrected chi connectivity index (χ2v) is 21.9. The van der Waals surface area contributed by atoms with Gasteiger partial charge < -0.3 is 88.2 Å². The minimum Gasteiger partial charge on any atom is -0.716 e. The van der Waals surface area contributed by atoms with E-state index in [1.54, 1.807) is 0 Å². The molecule has 0 saturated heterocycles. The number of fused-ring (bicyclic) bond motifs is 2. The summed E-state index contributed by atoms with van der Waals surface area (Å²) in [5.74, 6) is -15.9. The van der Waals surface area contributed by atoms with E-state index < -0.39 is 216 Å². The molecule has 6 rings (SSSR count). The first kappa shape index (κ1) is 91.8. The zero-order valence-corrected chi connectivity index (χ0v) is 67.2. The summed E-state index contributed by atoms with van der Waals surface area (Å²) in [6.07, 6.45) is -0.655. The summed E-state index contributed by atoms with van der Waals surface area (Å²) < 4.78 is 333. The Bertz CT molecular complexity index is 4300. The molecule has 0 aliphatic rings. The molecular weight excluding hydrogens is 1440 g/mol. The molecule has 2 heterocycles. The molecule has 0 saturated carbocycles. The van der Waals surface area contributed by atoms with Crippen LogP contribution in [0.2, 0.25) is 0 Å². The van der Waals surface area contributed by atoms with Gasteiger partial charge in [-0.3, -0.25) is 9.59 Å². The van der Waals surface area contributed by atoms with Gasteiger partial charge in [-0.1, -0.05) is 0 Å². The smallest absolute Gasteiger partial charge is 0.716 e. The van der Waals surface area contributed by atoms with Gasteiger partial charge in [-0.15, -0.1) is 0 Å². The van der Waals surface area contributed by atoms with Crippen LogP contribution < -0.4 is 290 Å². The SMILES string of the molecule is O=c1c(OS(=O)(=O)[O-])c(-c2ccc(OS(=O)(=O)[O-])cc2OS(=O)(=O)[O-])oc2cc(OS(=O)(=O)[O-])cc(OCCCOc3cc(OS(=O)(=O)[O-])cc4oc(-c5ccc(OS(=O)(=O)[O-])cc5OS(=O)(=O)[O-])c(OS(=O)(=O)[O-])c(=O)c34)c12.[Na+].[Na+].[Na+].[Na+].[Na+].[Na+].[Na+].[Na+]. The van der Waals surface area contributed by atoms with Gasteiger partial charge in [0, 0.05) is 42.8 Å². The van der Waals surface area contributed by atoms with Gasteiger partial charge in [-0.2, -0.15) is 0 Å². The fraction of sp³-hybridized carbons (Fsp3) is 0.0909. The van der Waals surface area contributed by atoms with Crippen LogP contribution in [0, 0.1) is 0 Å². The zero-order valence-electron chi connectivity index (χ0n) is 44.7. The van der Waals surface area contributed by atoms with E-state index in [2.05, 4.69) is 33.5 Å². The monoisotopic (exact) mass is 1460 g/mol. The van der Waals surface area contributed by atoms with Crippen LogP contribution in [0.3, 0.4) is 0 Å². The van der Waals surface area contributed by atoms with Crippen molar-refractivity contribution in [2.75, 3.05) is 13.2 Å². The van der Waals surface area contributed by atoms with E-state index in [0.29, 0.717) is 48.5 Å². The Balaban J connectivity index is -0.00000882. The summed E-state index contributed by atoms with van der Waals surface area (Å²) in [6.45, 7) is -1.82. The maximum Gasteiger partial charge on any atom is 1.00 e. The molecule has 6 aromatic rings. The standard InChI is InChI=1S/C33H24O38S8.8Na/c34-28-26-22(10-16(66-74(42,43)44)12-24(26)62-30(32(28)70-78(54,55)56)18-4-2-14(64-72(36,37)38)8-20(18)68-76(48,49)50)60-6-1-7-61-23-11-17(67-75(45,46)47)13-25-27(23)29(35)33(71-79(57,58)59)31(63-25)19-5-3-15(65-73(39,40)41)9-21(19)69-77(51,52)53;;;;;;;;/h2-5,8-13H,1,6-7H2,(H,36,37,38)(H,39,40,41)(H,42,43,44)(H,45,46,47)(H,48,49,50)(H,51,52,53)(H,54,55,56)(H,57,58,59);;;;;;;;/q;8*+1/p-8. The summed E-state index contributed by atoms with van der Waals surface area (Å²) in [5.41, 5.74) is -8.14. The van der Waals surface area contributed by atoms with Crippen molar-refractivity contribution < 1.29 is 392 Å². The van der Waals surface area contributed by atoms with E-state index in [1.165, 1.54) is 0 Å². The largest absolute Gasteiger partial charge is 1.00 e. The van der Waals surface area contributed by atoms with Crippen molar-refractivity contribution >= 4 is 105 Å². The van der Waals surface area contributed by atoms with E-state index in [0.717, 1.165) is 0 Å². The van der Waals surface area contributed by atoms with Gasteiger partial charge in [0.1, 0.15) is 56.4 Å². The third kappa shape index (κ3) is 28.8. The quantitative estimate of drug-likeness (QED) is 0.0235. The zero-order chi connectivity index (χ0) is 59.2. The maximum atomic E-state index is 14.1. The van der Waals surface area contributed by atoms with Crippen LogP contribution in [-0.4, -0.2) is 117 Å². The first-order valence-corrected chi connectivity index (χ1v) is 29.6. The van der Waals surface area contributed by atoms with Crippen LogP contribution in [0.4, 0.5) is 0 Å². The Morgan fingerprint density at radius 1 is 0.322 bits per heavy atom. The average Bonchev–Trinajstić information content (AvgIpc) is 3.21. The number of ether oxygens (including phenoxy) is 2. The molecule has 54 heteroatoms. The van der Waals surface area contributed by atoms with Gasteiger partial charge >= 0.3 is 236 Å². The minimum atomic E-state index is -6.14.